The Balaban J connectivity index is 2.04. The van der Waals surface area contributed by atoms with Gasteiger partial charge < -0.3 is 5.11 Å². The van der Waals surface area contributed by atoms with E-state index in [0.717, 1.165) is 22.4 Å². The van der Waals surface area contributed by atoms with Crippen LogP contribution in [0.3, 0.4) is 0 Å². The summed E-state index contributed by atoms with van der Waals surface area (Å²) in [5.74, 6) is 0. The Morgan fingerprint density at radius 3 is 2.41 bits per heavy atom. The normalized spacial score (nSPS) is 10.9. The molecular formula is C18H19N3O. The Kier molecular flexibility index (Phi) is 4.02. The minimum Gasteiger partial charge on any atom is -0.390 e. The molecule has 0 radical (unpaired) electrons. The molecule has 0 atom stereocenters. The van der Waals surface area contributed by atoms with Gasteiger partial charge in [0.15, 0.2) is 0 Å². The van der Waals surface area contributed by atoms with Gasteiger partial charge in [0.2, 0.25) is 0 Å². The van der Waals surface area contributed by atoms with Crippen molar-refractivity contribution in [3.8, 4) is 11.3 Å². The number of hydrogen-bond acceptors (Lipinski definition) is 3. The monoisotopic (exact) mass is 293 g/mol. The van der Waals surface area contributed by atoms with E-state index in [1.165, 1.54) is 5.56 Å². The quantitative estimate of drug-likeness (QED) is 0.804. The van der Waals surface area contributed by atoms with Crippen LogP contribution in [0, 0.1) is 13.8 Å². The third kappa shape index (κ3) is 2.78. The molecule has 0 saturated heterocycles. The number of aromatic nitrogens is 3. The smallest absolute Gasteiger partial charge is 0.116 e. The zero-order valence-corrected chi connectivity index (χ0v) is 12.8. The van der Waals surface area contributed by atoms with Crippen molar-refractivity contribution in [3.63, 3.8) is 0 Å². The molecule has 0 bridgehead atoms. The molecule has 22 heavy (non-hydrogen) atoms. The van der Waals surface area contributed by atoms with Crippen molar-refractivity contribution >= 4 is 0 Å². The van der Waals surface area contributed by atoms with Crippen LogP contribution in [0.1, 0.15) is 22.4 Å². The van der Waals surface area contributed by atoms with Gasteiger partial charge in [0, 0.05) is 5.56 Å². The molecule has 112 valence electrons. The second-order valence-electron chi connectivity index (χ2n) is 5.50. The van der Waals surface area contributed by atoms with E-state index in [9.17, 15) is 5.11 Å². The van der Waals surface area contributed by atoms with Crippen molar-refractivity contribution in [2.45, 2.75) is 27.0 Å². The van der Waals surface area contributed by atoms with Crippen molar-refractivity contribution in [1.82, 2.24) is 15.0 Å². The molecular weight excluding hydrogens is 274 g/mol. The summed E-state index contributed by atoms with van der Waals surface area (Å²) in [6.45, 7) is 4.65. The first-order valence-electron chi connectivity index (χ1n) is 7.34. The van der Waals surface area contributed by atoms with E-state index in [1.807, 2.05) is 22.9 Å². The average molecular weight is 293 g/mol. The molecule has 1 N–H and O–H groups in total. The summed E-state index contributed by atoms with van der Waals surface area (Å²) < 4.78 is 1.86. The average Bonchev–Trinajstić information content (AvgIpc) is 2.93. The molecule has 0 amide bonds. The van der Waals surface area contributed by atoms with Gasteiger partial charge in [-0.2, -0.15) is 0 Å². The molecule has 0 spiro atoms. The lowest BCUT2D eigenvalue weighted by Crippen LogP contribution is -2.05. The van der Waals surface area contributed by atoms with Crippen LogP contribution < -0.4 is 0 Å². The Hall–Kier alpha value is -2.46. The topological polar surface area (TPSA) is 50.9 Å². The molecule has 4 nitrogen and oxygen atoms in total. The Morgan fingerprint density at radius 1 is 1.00 bits per heavy atom. The van der Waals surface area contributed by atoms with Crippen LogP contribution in [-0.2, 0) is 13.2 Å². The van der Waals surface area contributed by atoms with Crippen molar-refractivity contribution in [3.05, 3.63) is 70.9 Å². The summed E-state index contributed by atoms with van der Waals surface area (Å²) in [5.41, 5.74) is 6.10. The second kappa shape index (κ2) is 6.12. The van der Waals surface area contributed by atoms with Crippen LogP contribution in [0.25, 0.3) is 11.3 Å². The van der Waals surface area contributed by atoms with Gasteiger partial charge in [-0.05, 0) is 25.0 Å². The van der Waals surface area contributed by atoms with E-state index in [-0.39, 0.29) is 6.61 Å². The summed E-state index contributed by atoms with van der Waals surface area (Å²) in [6, 6.07) is 16.5. The Labute approximate surface area is 130 Å². The predicted octanol–water partition coefficient (Wildman–Crippen LogP) is 3.10. The molecule has 0 fully saturated rings. The van der Waals surface area contributed by atoms with Gasteiger partial charge in [-0.1, -0.05) is 59.3 Å². The molecule has 3 rings (SSSR count). The third-order valence-corrected chi connectivity index (χ3v) is 3.81. The summed E-state index contributed by atoms with van der Waals surface area (Å²) in [7, 11) is 0. The van der Waals surface area contributed by atoms with E-state index in [1.54, 1.807) is 0 Å². The predicted molar refractivity (Wildman–Crippen MR) is 86.4 cm³/mol. The van der Waals surface area contributed by atoms with Crippen molar-refractivity contribution < 1.29 is 5.11 Å². The molecule has 0 unspecified atom stereocenters. The highest BCUT2D eigenvalue weighted by atomic mass is 16.3. The highest BCUT2D eigenvalue weighted by Gasteiger charge is 2.16. The van der Waals surface area contributed by atoms with Crippen LogP contribution in [0.15, 0.2) is 48.5 Å². The summed E-state index contributed by atoms with van der Waals surface area (Å²) >= 11 is 0. The van der Waals surface area contributed by atoms with E-state index in [0.29, 0.717) is 12.2 Å². The van der Waals surface area contributed by atoms with Gasteiger partial charge in [-0.15, -0.1) is 5.10 Å². The van der Waals surface area contributed by atoms with Gasteiger partial charge >= 0.3 is 0 Å². The van der Waals surface area contributed by atoms with Gasteiger partial charge in [0.1, 0.15) is 5.69 Å². The molecule has 4 heteroatoms. The molecule has 0 aliphatic carbocycles. The first-order chi connectivity index (χ1) is 10.7. The summed E-state index contributed by atoms with van der Waals surface area (Å²) in [5, 5.41) is 17.9. The number of aryl methyl sites for hydroxylation is 2. The zero-order chi connectivity index (χ0) is 15.5. The molecule has 0 aliphatic heterocycles. The van der Waals surface area contributed by atoms with Crippen molar-refractivity contribution in [1.29, 1.82) is 0 Å². The van der Waals surface area contributed by atoms with E-state index >= 15 is 0 Å². The van der Waals surface area contributed by atoms with Gasteiger partial charge in [-0.25, -0.2) is 4.68 Å². The van der Waals surface area contributed by atoms with Crippen LogP contribution >= 0.6 is 0 Å². The lowest BCUT2D eigenvalue weighted by Gasteiger charge is -2.10. The number of rotatable bonds is 4. The SMILES string of the molecule is Cc1ccc(Cn2nnc(CO)c2-c2ccccc2C)cc1. The Bertz CT molecular complexity index is 775. The molecule has 0 saturated carbocycles. The maximum atomic E-state index is 9.57. The van der Waals surface area contributed by atoms with Crippen LogP contribution in [0.4, 0.5) is 0 Å². The van der Waals surface area contributed by atoms with Crippen molar-refractivity contribution in [2.24, 2.45) is 0 Å². The lowest BCUT2D eigenvalue weighted by atomic mass is 10.0. The molecule has 1 heterocycles. The second-order valence-corrected chi connectivity index (χ2v) is 5.50. The number of hydrogen-bond donors (Lipinski definition) is 1. The fourth-order valence-electron chi connectivity index (χ4n) is 2.57. The largest absolute Gasteiger partial charge is 0.390 e. The zero-order valence-electron chi connectivity index (χ0n) is 12.8. The highest BCUT2D eigenvalue weighted by molar-refractivity contribution is 5.65. The molecule has 3 aromatic rings. The third-order valence-electron chi connectivity index (χ3n) is 3.81. The minimum atomic E-state index is -0.114. The van der Waals surface area contributed by atoms with Crippen LogP contribution in [0.5, 0.6) is 0 Å². The number of aliphatic hydroxyl groups is 1. The summed E-state index contributed by atoms with van der Waals surface area (Å²) in [6.07, 6.45) is 0. The van der Waals surface area contributed by atoms with E-state index in [2.05, 4.69) is 54.5 Å². The van der Waals surface area contributed by atoms with Crippen LogP contribution in [-0.4, -0.2) is 20.1 Å². The molecule has 2 aromatic carbocycles. The number of aliphatic hydroxyl groups excluding tert-OH is 1. The van der Waals surface area contributed by atoms with E-state index in [4.69, 9.17) is 0 Å². The Morgan fingerprint density at radius 2 is 1.73 bits per heavy atom. The standard InChI is InChI=1S/C18H19N3O/c1-13-7-9-15(10-8-13)11-21-18(17(12-22)19-20-21)16-6-4-3-5-14(16)2/h3-10,22H,11-12H2,1-2H3. The molecule has 0 aliphatic rings. The lowest BCUT2D eigenvalue weighted by molar-refractivity contribution is 0.277. The van der Waals surface area contributed by atoms with Crippen molar-refractivity contribution in [2.75, 3.05) is 0 Å². The number of nitrogens with zero attached hydrogens (tertiary/aromatic N) is 3. The maximum Gasteiger partial charge on any atom is 0.116 e. The molecule has 1 aromatic heterocycles. The highest BCUT2D eigenvalue weighted by Crippen LogP contribution is 2.26. The summed E-state index contributed by atoms with van der Waals surface area (Å²) in [4.78, 5) is 0. The minimum absolute atomic E-state index is 0.114. The van der Waals surface area contributed by atoms with Gasteiger partial charge in [0.25, 0.3) is 0 Å². The first-order valence-corrected chi connectivity index (χ1v) is 7.34. The fraction of sp³-hybridized carbons (Fsp3) is 0.222. The van der Waals surface area contributed by atoms with E-state index < -0.39 is 0 Å². The number of benzene rings is 2. The van der Waals surface area contributed by atoms with Crippen LogP contribution in [0.2, 0.25) is 0 Å². The van der Waals surface area contributed by atoms with Gasteiger partial charge in [0.05, 0.1) is 18.8 Å². The first kappa shape index (κ1) is 14.5. The van der Waals surface area contributed by atoms with Gasteiger partial charge in [-0.3, -0.25) is 0 Å². The fourth-order valence-corrected chi connectivity index (χ4v) is 2.57. The maximum absolute atomic E-state index is 9.57.